The first kappa shape index (κ1) is 87.6. The molecule has 3 unspecified atom stereocenters. The molecule has 0 spiro atoms. The van der Waals surface area contributed by atoms with Gasteiger partial charge in [0, 0.05) is 27.7 Å². The van der Waals surface area contributed by atoms with Gasteiger partial charge in [-0.15, -0.1) is 0 Å². The third kappa shape index (κ3) is 24.0. The minimum Gasteiger partial charge on any atom is -0.837 e. The van der Waals surface area contributed by atoms with Gasteiger partial charge in [-0.1, -0.05) is 103 Å². The molecule has 26 heteroatoms. The summed E-state index contributed by atoms with van der Waals surface area (Å²) in [4.78, 5) is 52.1. The van der Waals surface area contributed by atoms with Gasteiger partial charge in [0.2, 0.25) is 6.10 Å². The van der Waals surface area contributed by atoms with Crippen molar-refractivity contribution < 1.29 is 110 Å². The largest absolute Gasteiger partial charge is 0.837 e. The number of carbonyl (C=O) groups is 4. The quantitative estimate of drug-likeness (QED) is 0.0274. The van der Waals surface area contributed by atoms with Gasteiger partial charge in [0.25, 0.3) is 0 Å². The summed E-state index contributed by atoms with van der Waals surface area (Å²) in [5, 5.41) is 22.0. The normalized spacial score (nSPS) is 20.9. The Bertz CT molecular complexity index is 3620. The number of phenolic OH excluding ortho intramolecular Hbond substituents is 1. The molecule has 5 aromatic rings. The van der Waals surface area contributed by atoms with Gasteiger partial charge in [0.1, 0.15) is 43.2 Å². The van der Waals surface area contributed by atoms with E-state index in [1.165, 1.54) is 48.4 Å². The van der Waals surface area contributed by atoms with Crippen molar-refractivity contribution in [2.45, 2.75) is 234 Å². The fourth-order valence-corrected chi connectivity index (χ4v) is 15.9. The molecule has 6 aliphatic rings. The van der Waals surface area contributed by atoms with Gasteiger partial charge in [0.15, 0.2) is 14.3 Å². The third-order valence-corrected chi connectivity index (χ3v) is 24.0. The molecule has 1 aromatic heterocycles. The van der Waals surface area contributed by atoms with Crippen LogP contribution in [0, 0.1) is 33.5 Å². The number of halogens is 9. The monoisotopic (exact) mass is 1500 g/mol. The van der Waals surface area contributed by atoms with E-state index in [0.29, 0.717) is 44.5 Å². The van der Waals surface area contributed by atoms with E-state index in [2.05, 4.69) is 117 Å². The smallest absolute Gasteiger partial charge is 0.426 e. The molecular weight excluding hydrogens is 1400 g/mol. The van der Waals surface area contributed by atoms with Crippen molar-refractivity contribution in [1.82, 2.24) is 0 Å². The average molecular weight is 1500 g/mol. The van der Waals surface area contributed by atoms with E-state index >= 15 is 0 Å². The van der Waals surface area contributed by atoms with Gasteiger partial charge >= 0.3 is 42.4 Å². The predicted octanol–water partition coefficient (Wildman–Crippen LogP) is 16.5. The van der Waals surface area contributed by atoms with Crippen molar-refractivity contribution in [3.63, 3.8) is 0 Å². The van der Waals surface area contributed by atoms with Crippen LogP contribution in [0.15, 0.2) is 103 Å². The lowest BCUT2D eigenvalue weighted by molar-refractivity contribution is -0.908. The number of hydrogen-bond acceptors (Lipinski definition) is 14. The molecule has 1 aliphatic heterocycles. The molecule has 103 heavy (non-hydrogen) atoms. The summed E-state index contributed by atoms with van der Waals surface area (Å²) in [6.07, 6.45) is -9.58. The van der Waals surface area contributed by atoms with Gasteiger partial charge in [0.05, 0.1) is 56.3 Å². The van der Waals surface area contributed by atoms with E-state index < -0.39 is 81.4 Å². The lowest BCUT2D eigenvalue weighted by atomic mass is 9.48. The Balaban J connectivity index is 0.000000232. The van der Waals surface area contributed by atoms with Crippen molar-refractivity contribution in [3.05, 3.63) is 109 Å². The minimum absolute atomic E-state index is 0.00100. The highest BCUT2D eigenvalue weighted by atomic mass is 32.2. The number of carbonyl (C=O) groups excluding carboxylic acids is 4. The number of ether oxygens (including phenoxy) is 5. The van der Waals surface area contributed by atoms with Gasteiger partial charge in [-0.25, -0.2) is 8.42 Å². The highest BCUT2D eigenvalue weighted by Crippen LogP contribution is 2.64. The van der Waals surface area contributed by atoms with Crippen LogP contribution >= 0.6 is 10.5 Å². The van der Waals surface area contributed by atoms with E-state index in [0.717, 1.165) is 71.4 Å². The molecule has 0 amide bonds. The van der Waals surface area contributed by atoms with Gasteiger partial charge in [-0.05, 0) is 203 Å². The Morgan fingerprint density at radius 2 is 1.11 bits per heavy atom. The molecule has 0 radical (unpaired) electrons. The van der Waals surface area contributed by atoms with Crippen LogP contribution in [0.25, 0.3) is 25.1 Å². The second kappa shape index (κ2) is 35.1. The zero-order valence-electron chi connectivity index (χ0n) is 61.9. The summed E-state index contributed by atoms with van der Waals surface area (Å²) in [7, 11) is -5.21. The fourth-order valence-electron chi connectivity index (χ4n) is 12.9. The molecule has 11 rings (SSSR count). The van der Waals surface area contributed by atoms with Crippen LogP contribution in [0.2, 0.25) is 0 Å². The number of hydrogen-bond donors (Lipinski definition) is 2. The summed E-state index contributed by atoms with van der Waals surface area (Å²) in [5.74, 6) is -3.21. The van der Waals surface area contributed by atoms with Crippen LogP contribution in [0.1, 0.15) is 192 Å². The van der Waals surface area contributed by atoms with Crippen LogP contribution in [0.3, 0.4) is 0 Å². The Kier molecular flexibility index (Phi) is 29.9. The fraction of sp³-hybridized carbons (Fsp3) is 0.636. The maximum absolute atomic E-state index is 13.3. The molecule has 1 saturated heterocycles. The van der Waals surface area contributed by atoms with Crippen molar-refractivity contribution in [2.24, 2.45) is 33.5 Å². The molecule has 4 bridgehead atoms. The zero-order chi connectivity index (χ0) is 77.6. The Hall–Kier alpha value is -6.06. The highest BCUT2D eigenvalue weighted by molar-refractivity contribution is 7.85. The molecule has 2 heterocycles. The number of thiophene rings is 1. The molecule has 5 aliphatic carbocycles. The van der Waals surface area contributed by atoms with Crippen LogP contribution < -0.4 is 10.0 Å². The van der Waals surface area contributed by atoms with E-state index in [4.69, 9.17) is 18.9 Å². The Labute approximate surface area is 604 Å². The summed E-state index contributed by atoms with van der Waals surface area (Å²) in [6, 6.07) is 35.9. The lowest BCUT2D eigenvalue weighted by Gasteiger charge is -2.60. The number of alkyl halides is 9. The summed E-state index contributed by atoms with van der Waals surface area (Å²) in [5.41, 5.74) is -7.32. The number of benzene rings is 4. The highest BCUT2D eigenvalue weighted by Gasteiger charge is 2.64. The Morgan fingerprint density at radius 3 is 1.54 bits per heavy atom. The standard InChI is InChI=1S/C20H29F3O7S.C18H13S.C12H23NO3.C12H22O2.C11H16O.C4H3F6O/c1-4-17(2,3)15(24)30-19-8-12-5-13(9-19)7-18(6-12,11-19)16(25)29-14(20(21,22)23)10-31(26,27)28;1-2-8-14(9-3-1)19-17-12-6-4-10-15(17)16-11-5-7-13-18(16)19;1-4-12(2,3)11(14)16-10-7-13-5-8-15-9-6-13;1-5-11(2,3)10(13)14-12(4)8-6-7-9-12;1-4-11(2,3)9-6-5-7-10(12)8-9;1-2(11,3(5,6)7)4(8,9)10/h12-14H,4-11H2,1-3H3,(H,26,27,28);1-13H;4-10H2,1-3H3;5-9H2,1-4H3;5-8,12H,4H2,1-3H3;1H3/q;+1;;;;-1. The molecule has 3 atom stereocenters. The first-order valence-corrected chi connectivity index (χ1v) is 38.1. The number of nitrogens with one attached hydrogen (secondary N) is 1. The minimum atomic E-state index is -5.80. The summed E-state index contributed by atoms with van der Waals surface area (Å²) < 4.78 is 170. The molecule has 4 aromatic carbocycles. The first-order valence-electron chi connectivity index (χ1n) is 35.3. The molecule has 578 valence electrons. The van der Waals surface area contributed by atoms with E-state index in [1.807, 2.05) is 60.6 Å². The molecule has 5 saturated carbocycles. The lowest BCUT2D eigenvalue weighted by Crippen LogP contribution is -3.14. The van der Waals surface area contributed by atoms with Crippen molar-refractivity contribution in [3.8, 4) is 10.6 Å². The molecule has 6 fully saturated rings. The van der Waals surface area contributed by atoms with Crippen LogP contribution in [0.5, 0.6) is 5.75 Å². The predicted molar refractivity (Wildman–Crippen MR) is 376 cm³/mol. The maximum atomic E-state index is 13.3. The topological polar surface area (TPSA) is 219 Å². The van der Waals surface area contributed by atoms with Crippen LogP contribution in [-0.4, -0.2) is 129 Å². The molecule has 2 N–H and O–H groups in total. The maximum Gasteiger partial charge on any atom is 0.426 e. The number of morpholine rings is 1. The number of esters is 4. The Morgan fingerprint density at radius 1 is 0.641 bits per heavy atom. The van der Waals surface area contributed by atoms with Crippen LogP contribution in [0.4, 0.5) is 39.5 Å². The van der Waals surface area contributed by atoms with Gasteiger partial charge < -0.3 is 43.4 Å². The zero-order valence-corrected chi connectivity index (χ0v) is 63.5. The first-order chi connectivity index (χ1) is 47.5. The summed E-state index contributed by atoms with van der Waals surface area (Å²) in [6.45, 7) is 30.4. The van der Waals surface area contributed by atoms with Crippen molar-refractivity contribution >= 4 is 64.6 Å². The SMILES string of the molecule is CC([O-])(C(F)(F)F)C(F)(F)F.CCC(C)(C)C(=O)OC1(C)CCCC1.CCC(C)(C)C(=O)OC12CC3CC(C1)CC(C(=O)OC(CS(=O)(=O)[O-])C(F)(F)F)(C3)C2.CCC(C)(C)C(=O)OCC[NH+]1CCOCC1.CCC(C)(C)c1cccc(O)c1.c1ccc(-[s+]2c3ccccc3c3ccccc32)cc1. The number of aromatic hydroxyl groups is 1. The molecular formula is C77H106F9NO14S2. The third-order valence-electron chi connectivity index (χ3n) is 21.0. The van der Waals surface area contributed by atoms with Crippen LogP contribution in [-0.2, 0) is 58.4 Å². The van der Waals surface area contributed by atoms with Gasteiger partial charge in [-0.2, -0.15) is 39.5 Å². The van der Waals surface area contributed by atoms with Crippen molar-refractivity contribution in [1.29, 1.82) is 0 Å². The van der Waals surface area contributed by atoms with Gasteiger partial charge in [-0.3, -0.25) is 19.2 Å². The second-order valence-electron chi connectivity index (χ2n) is 30.9. The van der Waals surface area contributed by atoms with E-state index in [1.54, 1.807) is 19.9 Å². The van der Waals surface area contributed by atoms with E-state index in [-0.39, 0.29) is 62.5 Å². The average Bonchev–Trinajstić information content (AvgIpc) is 1.41. The van der Waals surface area contributed by atoms with E-state index in [9.17, 15) is 81.9 Å². The number of fused-ring (bicyclic) bond motifs is 3. The molecule has 15 nitrogen and oxygen atoms in total. The second-order valence-corrected chi connectivity index (χ2v) is 34.3. The summed E-state index contributed by atoms with van der Waals surface area (Å²) >= 11 is 0. The number of quaternary nitrogens is 1. The number of phenols is 1. The van der Waals surface area contributed by atoms with Crippen molar-refractivity contribution in [2.75, 3.05) is 45.2 Å². The number of rotatable bonds is 18.